The molecule has 0 saturated carbocycles. The summed E-state index contributed by atoms with van der Waals surface area (Å²) in [7, 11) is 1.81. The number of hydrogen-bond acceptors (Lipinski definition) is 6. The number of furan rings is 1. The fraction of sp³-hybridized carbons (Fsp3) is 0.235. The van der Waals surface area contributed by atoms with Crippen molar-refractivity contribution >= 4 is 23.4 Å². The predicted octanol–water partition coefficient (Wildman–Crippen LogP) is 2.82. The van der Waals surface area contributed by atoms with E-state index < -0.39 is 0 Å². The van der Waals surface area contributed by atoms with Gasteiger partial charge in [0, 0.05) is 13.6 Å². The minimum atomic E-state index is -0.110. The van der Waals surface area contributed by atoms with E-state index in [9.17, 15) is 4.79 Å². The largest absolute Gasteiger partial charge is 0.461 e. The fourth-order valence-corrected chi connectivity index (χ4v) is 3.13. The number of hydrogen-bond donors (Lipinski definition) is 1. The number of nitrogens with one attached hydrogen (secondary N) is 1. The smallest absolute Gasteiger partial charge is 0.248 e. The van der Waals surface area contributed by atoms with Gasteiger partial charge in [-0.3, -0.25) is 19.8 Å². The third-order valence-electron chi connectivity index (χ3n) is 3.54. The van der Waals surface area contributed by atoms with Gasteiger partial charge < -0.3 is 4.42 Å². The van der Waals surface area contributed by atoms with E-state index in [4.69, 9.17) is 4.42 Å². The zero-order valence-electron chi connectivity index (χ0n) is 14.0. The van der Waals surface area contributed by atoms with Gasteiger partial charge in [-0.2, -0.15) is 0 Å². The second-order valence-corrected chi connectivity index (χ2v) is 6.19. The number of rotatable bonds is 7. The van der Waals surface area contributed by atoms with Crippen LogP contribution in [-0.4, -0.2) is 33.5 Å². The Bertz CT molecular complexity index is 817. The van der Waals surface area contributed by atoms with E-state index in [1.54, 1.807) is 11.3 Å². The number of anilines is 1. The molecule has 1 aromatic carbocycles. The first-order valence-electron chi connectivity index (χ1n) is 7.87. The van der Waals surface area contributed by atoms with Gasteiger partial charge in [-0.25, -0.2) is 0 Å². The summed E-state index contributed by atoms with van der Waals surface area (Å²) in [4.78, 5) is 12.2. The second-order valence-electron chi connectivity index (χ2n) is 5.25. The van der Waals surface area contributed by atoms with E-state index in [0.717, 1.165) is 5.69 Å². The fourth-order valence-electron chi connectivity index (χ4n) is 2.33. The molecule has 0 unspecified atom stereocenters. The molecule has 0 radical (unpaired) electrons. The lowest BCUT2D eigenvalue weighted by molar-refractivity contribution is -0.118. The number of carbonyl (C=O) groups is 1. The number of carbonyl (C=O) groups excluding carboxylic acids is 1. The Hall–Kier alpha value is -2.74. The molecule has 2 heterocycles. The van der Waals surface area contributed by atoms with Crippen LogP contribution in [0.4, 0.5) is 5.69 Å². The first kappa shape index (κ1) is 17.1. The monoisotopic (exact) mass is 357 g/mol. The van der Waals surface area contributed by atoms with Crippen LogP contribution in [0.3, 0.4) is 0 Å². The molecule has 0 bridgehead atoms. The lowest BCUT2D eigenvalue weighted by atomic mass is 10.3. The van der Waals surface area contributed by atoms with Gasteiger partial charge in [-0.1, -0.05) is 30.0 Å². The van der Waals surface area contributed by atoms with E-state index in [2.05, 4.69) is 15.6 Å². The topological polar surface area (TPSA) is 76.2 Å². The first-order valence-corrected chi connectivity index (χ1v) is 8.85. The maximum absolute atomic E-state index is 12.2. The molecule has 3 rings (SSSR count). The summed E-state index contributed by atoms with van der Waals surface area (Å²) in [6.07, 6.45) is 1.60. The summed E-state index contributed by atoms with van der Waals surface area (Å²) in [5.41, 5.74) is 3.75. The Morgan fingerprint density at radius 2 is 2.04 bits per heavy atom. The highest BCUT2D eigenvalue weighted by atomic mass is 32.2. The number of aromatic nitrogens is 3. The van der Waals surface area contributed by atoms with Crippen molar-refractivity contribution < 1.29 is 9.21 Å². The highest BCUT2D eigenvalue weighted by Gasteiger charge is 2.16. The zero-order valence-corrected chi connectivity index (χ0v) is 14.9. The van der Waals surface area contributed by atoms with Crippen molar-refractivity contribution in [3.05, 3.63) is 48.7 Å². The Labute approximate surface area is 150 Å². The van der Waals surface area contributed by atoms with Crippen LogP contribution >= 0.6 is 11.8 Å². The van der Waals surface area contributed by atoms with Gasteiger partial charge >= 0.3 is 0 Å². The van der Waals surface area contributed by atoms with Gasteiger partial charge in [0.1, 0.15) is 0 Å². The molecule has 1 N–H and O–H groups in total. The van der Waals surface area contributed by atoms with E-state index in [1.807, 2.05) is 61.0 Å². The van der Waals surface area contributed by atoms with E-state index >= 15 is 0 Å². The molecule has 0 aliphatic heterocycles. The van der Waals surface area contributed by atoms with Gasteiger partial charge in [0.25, 0.3) is 0 Å². The summed E-state index contributed by atoms with van der Waals surface area (Å²) >= 11 is 1.34. The summed E-state index contributed by atoms with van der Waals surface area (Å²) < 4.78 is 7.31. The zero-order chi connectivity index (χ0) is 17.6. The van der Waals surface area contributed by atoms with E-state index in [-0.39, 0.29) is 11.7 Å². The van der Waals surface area contributed by atoms with Crippen molar-refractivity contribution in [3.8, 4) is 11.6 Å². The van der Waals surface area contributed by atoms with Crippen molar-refractivity contribution in [2.75, 3.05) is 17.8 Å². The van der Waals surface area contributed by atoms with Crippen LogP contribution in [0.5, 0.6) is 0 Å². The van der Waals surface area contributed by atoms with Gasteiger partial charge in [0.15, 0.2) is 16.7 Å². The molecule has 8 heteroatoms. The SMILES string of the molecule is CCn1c(SCC(=O)NN(C)c2ccccc2)nnc1-c1ccco1. The lowest BCUT2D eigenvalue weighted by Gasteiger charge is -2.19. The Balaban J connectivity index is 1.61. The maximum atomic E-state index is 12.2. The summed E-state index contributed by atoms with van der Waals surface area (Å²) in [6, 6.07) is 13.3. The van der Waals surface area contributed by atoms with Gasteiger partial charge in [0.2, 0.25) is 5.91 Å². The van der Waals surface area contributed by atoms with Crippen LogP contribution in [-0.2, 0) is 11.3 Å². The minimum absolute atomic E-state index is 0.110. The minimum Gasteiger partial charge on any atom is -0.461 e. The standard InChI is InChI=1S/C17H19N5O2S/c1-3-22-16(14-10-7-11-24-14)18-19-17(22)25-12-15(23)20-21(2)13-8-5-4-6-9-13/h4-11H,3,12H2,1-2H3,(H,20,23). The average molecular weight is 357 g/mol. The third kappa shape index (κ3) is 4.03. The summed E-state index contributed by atoms with van der Waals surface area (Å²) in [5, 5.41) is 10.7. The number of hydrazine groups is 1. The lowest BCUT2D eigenvalue weighted by Crippen LogP contribution is -2.40. The van der Waals surface area contributed by atoms with Crippen molar-refractivity contribution in [2.45, 2.75) is 18.6 Å². The molecule has 2 aromatic heterocycles. The van der Waals surface area contributed by atoms with E-state index in [0.29, 0.717) is 23.3 Å². The number of thioether (sulfide) groups is 1. The molecule has 0 atom stereocenters. The van der Waals surface area contributed by atoms with Crippen LogP contribution in [0, 0.1) is 0 Å². The Morgan fingerprint density at radius 1 is 1.24 bits per heavy atom. The molecular formula is C17H19N5O2S. The van der Waals surface area contributed by atoms with E-state index in [1.165, 1.54) is 11.8 Å². The van der Waals surface area contributed by atoms with Crippen molar-refractivity contribution in [2.24, 2.45) is 0 Å². The number of amides is 1. The van der Waals surface area contributed by atoms with Crippen molar-refractivity contribution in [1.82, 2.24) is 20.2 Å². The number of para-hydroxylation sites is 1. The summed E-state index contributed by atoms with van der Waals surface area (Å²) in [5.74, 6) is 1.46. The highest BCUT2D eigenvalue weighted by Crippen LogP contribution is 2.24. The number of benzene rings is 1. The Morgan fingerprint density at radius 3 is 2.72 bits per heavy atom. The molecule has 0 saturated heterocycles. The van der Waals surface area contributed by atoms with Crippen LogP contribution in [0.15, 0.2) is 58.3 Å². The summed E-state index contributed by atoms with van der Waals surface area (Å²) in [6.45, 7) is 2.69. The predicted molar refractivity (Wildman–Crippen MR) is 97.1 cm³/mol. The first-order chi connectivity index (χ1) is 12.2. The van der Waals surface area contributed by atoms with Crippen LogP contribution < -0.4 is 10.4 Å². The molecule has 25 heavy (non-hydrogen) atoms. The number of nitrogens with zero attached hydrogens (tertiary/aromatic N) is 4. The van der Waals surface area contributed by atoms with Crippen LogP contribution in [0.2, 0.25) is 0 Å². The molecule has 7 nitrogen and oxygen atoms in total. The molecule has 0 aliphatic rings. The van der Waals surface area contributed by atoms with Crippen molar-refractivity contribution in [1.29, 1.82) is 0 Å². The van der Waals surface area contributed by atoms with Crippen molar-refractivity contribution in [3.63, 3.8) is 0 Å². The maximum Gasteiger partial charge on any atom is 0.248 e. The van der Waals surface area contributed by atoms with Crippen LogP contribution in [0.1, 0.15) is 6.92 Å². The molecule has 130 valence electrons. The molecule has 0 aliphatic carbocycles. The second kappa shape index (κ2) is 7.89. The normalized spacial score (nSPS) is 10.6. The average Bonchev–Trinajstić information content (AvgIpc) is 3.29. The molecule has 0 fully saturated rings. The quantitative estimate of drug-likeness (QED) is 0.518. The van der Waals surface area contributed by atoms with Crippen LogP contribution in [0.25, 0.3) is 11.6 Å². The van der Waals surface area contributed by atoms with Gasteiger partial charge in [-0.05, 0) is 31.2 Å². The van der Waals surface area contributed by atoms with Gasteiger partial charge in [0.05, 0.1) is 17.7 Å². The molecular weight excluding hydrogens is 338 g/mol. The third-order valence-corrected chi connectivity index (χ3v) is 4.51. The van der Waals surface area contributed by atoms with Gasteiger partial charge in [-0.15, -0.1) is 10.2 Å². The molecule has 1 amide bonds. The highest BCUT2D eigenvalue weighted by molar-refractivity contribution is 7.99. The molecule has 0 spiro atoms. The Kier molecular flexibility index (Phi) is 5.39. The molecule has 3 aromatic rings.